The van der Waals surface area contributed by atoms with Gasteiger partial charge in [0.05, 0.1) is 25.1 Å². The van der Waals surface area contributed by atoms with Crippen LogP contribution in [0.4, 0.5) is 11.4 Å². The number of rotatable bonds is 8. The molecule has 0 saturated carbocycles. The van der Waals surface area contributed by atoms with E-state index >= 15 is 0 Å². The largest absolute Gasteiger partial charge is 0.493 e. The predicted octanol–water partition coefficient (Wildman–Crippen LogP) is 1.79. The number of aliphatic hydroxyl groups is 1. The van der Waals surface area contributed by atoms with Gasteiger partial charge >= 0.3 is 0 Å². The maximum absolute atomic E-state index is 8.65. The number of nitrogens with two attached hydrogens (primary N) is 2. The van der Waals surface area contributed by atoms with E-state index in [-0.39, 0.29) is 6.61 Å². The van der Waals surface area contributed by atoms with E-state index in [1.165, 1.54) is 0 Å². The average Bonchev–Trinajstić information content (AvgIpc) is 2.37. The molecule has 0 aliphatic heterocycles. The Morgan fingerprint density at radius 2 is 1.61 bits per heavy atom. The molecule has 0 aliphatic carbocycles. The van der Waals surface area contributed by atoms with Crippen LogP contribution in [0.5, 0.6) is 11.5 Å². The Morgan fingerprint density at radius 1 is 1.00 bits per heavy atom. The van der Waals surface area contributed by atoms with E-state index in [2.05, 4.69) is 0 Å². The second kappa shape index (κ2) is 7.66. The van der Waals surface area contributed by atoms with Crippen LogP contribution in [0, 0.1) is 0 Å². The first-order valence-electron chi connectivity index (χ1n) is 6.15. The number of anilines is 2. The number of ether oxygens (including phenoxy) is 2. The van der Waals surface area contributed by atoms with Crippen molar-refractivity contribution in [3.05, 3.63) is 12.1 Å². The average molecular weight is 254 g/mol. The molecule has 0 heterocycles. The second-order valence-electron chi connectivity index (χ2n) is 4.12. The molecule has 5 nitrogen and oxygen atoms in total. The molecule has 0 aliphatic rings. The van der Waals surface area contributed by atoms with Gasteiger partial charge in [0, 0.05) is 18.7 Å². The van der Waals surface area contributed by atoms with Gasteiger partial charge in [0.1, 0.15) is 0 Å². The van der Waals surface area contributed by atoms with Gasteiger partial charge in [-0.2, -0.15) is 0 Å². The van der Waals surface area contributed by atoms with Crippen molar-refractivity contribution in [2.75, 3.05) is 31.8 Å². The van der Waals surface area contributed by atoms with E-state index in [4.69, 9.17) is 26.0 Å². The van der Waals surface area contributed by atoms with E-state index in [1.54, 1.807) is 19.2 Å². The number of hydrogen-bond donors (Lipinski definition) is 3. The summed E-state index contributed by atoms with van der Waals surface area (Å²) in [6.45, 7) is 0.855. The third-order valence-corrected chi connectivity index (χ3v) is 2.68. The summed E-state index contributed by atoms with van der Waals surface area (Å²) >= 11 is 0. The van der Waals surface area contributed by atoms with Crippen molar-refractivity contribution in [2.24, 2.45) is 0 Å². The predicted molar refractivity (Wildman–Crippen MR) is 72.9 cm³/mol. The Kier molecular flexibility index (Phi) is 6.14. The summed E-state index contributed by atoms with van der Waals surface area (Å²) in [4.78, 5) is 0. The van der Waals surface area contributed by atoms with Crippen LogP contribution in [0.15, 0.2) is 12.1 Å². The van der Waals surface area contributed by atoms with E-state index in [0.717, 1.165) is 25.7 Å². The monoisotopic (exact) mass is 254 g/mol. The fourth-order valence-electron chi connectivity index (χ4n) is 1.61. The molecule has 0 amide bonds. The quantitative estimate of drug-likeness (QED) is 0.486. The Hall–Kier alpha value is -1.62. The van der Waals surface area contributed by atoms with Crippen molar-refractivity contribution < 1.29 is 14.6 Å². The molecule has 0 unspecified atom stereocenters. The Bertz CT molecular complexity index is 369. The molecule has 0 bridgehead atoms. The minimum atomic E-state index is 0.253. The standard InChI is InChI=1S/C13H22N2O3/c1-17-12-8-10(14)11(15)9-13(12)18-7-5-3-2-4-6-16/h8-9,16H,2-7,14-15H2,1H3. The number of benzene rings is 1. The lowest BCUT2D eigenvalue weighted by atomic mass is 10.2. The molecule has 18 heavy (non-hydrogen) atoms. The summed E-state index contributed by atoms with van der Waals surface area (Å²) in [6.07, 6.45) is 3.83. The fraction of sp³-hybridized carbons (Fsp3) is 0.538. The highest BCUT2D eigenvalue weighted by molar-refractivity contribution is 5.69. The molecule has 1 aromatic carbocycles. The maximum atomic E-state index is 8.65. The smallest absolute Gasteiger partial charge is 0.163 e. The Morgan fingerprint density at radius 3 is 2.22 bits per heavy atom. The number of hydrogen-bond acceptors (Lipinski definition) is 5. The van der Waals surface area contributed by atoms with Gasteiger partial charge < -0.3 is 26.0 Å². The van der Waals surface area contributed by atoms with Gasteiger partial charge in [-0.05, 0) is 19.3 Å². The summed E-state index contributed by atoms with van der Waals surface area (Å²) < 4.78 is 10.8. The lowest BCUT2D eigenvalue weighted by Crippen LogP contribution is -2.02. The maximum Gasteiger partial charge on any atom is 0.163 e. The van der Waals surface area contributed by atoms with Gasteiger partial charge in [0.15, 0.2) is 11.5 Å². The molecule has 0 fully saturated rings. The molecule has 5 heteroatoms. The van der Waals surface area contributed by atoms with E-state index in [9.17, 15) is 0 Å². The number of aliphatic hydroxyl groups excluding tert-OH is 1. The third kappa shape index (κ3) is 4.33. The first-order chi connectivity index (χ1) is 8.69. The van der Waals surface area contributed by atoms with E-state index in [0.29, 0.717) is 29.5 Å². The summed E-state index contributed by atoms with van der Waals surface area (Å²) in [5.74, 6) is 1.21. The number of methoxy groups -OCH3 is 1. The van der Waals surface area contributed by atoms with Crippen LogP contribution in [-0.4, -0.2) is 25.4 Å². The van der Waals surface area contributed by atoms with Crippen LogP contribution >= 0.6 is 0 Å². The van der Waals surface area contributed by atoms with E-state index in [1.807, 2.05) is 0 Å². The summed E-state index contributed by atoms with van der Waals surface area (Å²) in [6, 6.07) is 3.35. The molecular formula is C13H22N2O3. The summed E-state index contributed by atoms with van der Waals surface area (Å²) in [7, 11) is 1.57. The molecule has 0 radical (unpaired) electrons. The SMILES string of the molecule is COc1cc(N)c(N)cc1OCCCCCCO. The van der Waals surface area contributed by atoms with Crippen molar-refractivity contribution in [3.63, 3.8) is 0 Å². The lowest BCUT2D eigenvalue weighted by molar-refractivity contribution is 0.268. The van der Waals surface area contributed by atoms with Crippen LogP contribution < -0.4 is 20.9 Å². The van der Waals surface area contributed by atoms with Crippen LogP contribution in [0.2, 0.25) is 0 Å². The molecule has 0 aromatic heterocycles. The first kappa shape index (κ1) is 14.4. The topological polar surface area (TPSA) is 90.7 Å². The zero-order valence-corrected chi connectivity index (χ0v) is 10.8. The molecule has 5 N–H and O–H groups in total. The second-order valence-corrected chi connectivity index (χ2v) is 4.12. The highest BCUT2D eigenvalue weighted by Crippen LogP contribution is 2.33. The Balaban J connectivity index is 2.43. The van der Waals surface area contributed by atoms with Crippen molar-refractivity contribution in [2.45, 2.75) is 25.7 Å². The minimum absolute atomic E-state index is 0.253. The van der Waals surface area contributed by atoms with Crippen LogP contribution in [-0.2, 0) is 0 Å². The van der Waals surface area contributed by atoms with Crippen LogP contribution in [0.1, 0.15) is 25.7 Å². The third-order valence-electron chi connectivity index (χ3n) is 2.68. The van der Waals surface area contributed by atoms with Gasteiger partial charge in [-0.3, -0.25) is 0 Å². The number of unbranched alkanes of at least 4 members (excludes halogenated alkanes) is 3. The highest BCUT2D eigenvalue weighted by Gasteiger charge is 2.07. The zero-order valence-electron chi connectivity index (χ0n) is 10.8. The van der Waals surface area contributed by atoms with Gasteiger partial charge in [-0.15, -0.1) is 0 Å². The molecule has 0 atom stereocenters. The number of nitrogen functional groups attached to an aromatic ring is 2. The normalized spacial score (nSPS) is 10.3. The summed E-state index contributed by atoms with van der Waals surface area (Å²) in [5, 5.41) is 8.65. The molecule has 0 saturated heterocycles. The summed E-state index contributed by atoms with van der Waals surface area (Å²) in [5.41, 5.74) is 12.4. The van der Waals surface area contributed by atoms with Gasteiger partial charge in [0.2, 0.25) is 0 Å². The van der Waals surface area contributed by atoms with Gasteiger partial charge in [0.25, 0.3) is 0 Å². The van der Waals surface area contributed by atoms with Crippen LogP contribution in [0.3, 0.4) is 0 Å². The molecule has 0 spiro atoms. The van der Waals surface area contributed by atoms with Crippen molar-refractivity contribution in [1.29, 1.82) is 0 Å². The zero-order chi connectivity index (χ0) is 13.4. The first-order valence-corrected chi connectivity index (χ1v) is 6.15. The van der Waals surface area contributed by atoms with Gasteiger partial charge in [-0.25, -0.2) is 0 Å². The minimum Gasteiger partial charge on any atom is -0.493 e. The van der Waals surface area contributed by atoms with Crippen molar-refractivity contribution >= 4 is 11.4 Å². The molecule has 102 valence electrons. The highest BCUT2D eigenvalue weighted by atomic mass is 16.5. The molecular weight excluding hydrogens is 232 g/mol. The van der Waals surface area contributed by atoms with Crippen molar-refractivity contribution in [1.82, 2.24) is 0 Å². The lowest BCUT2D eigenvalue weighted by Gasteiger charge is -2.12. The van der Waals surface area contributed by atoms with E-state index < -0.39 is 0 Å². The fourth-order valence-corrected chi connectivity index (χ4v) is 1.61. The van der Waals surface area contributed by atoms with Crippen molar-refractivity contribution in [3.8, 4) is 11.5 Å². The Labute approximate surface area is 108 Å². The molecule has 1 aromatic rings. The van der Waals surface area contributed by atoms with Crippen LogP contribution in [0.25, 0.3) is 0 Å². The van der Waals surface area contributed by atoms with Gasteiger partial charge in [-0.1, -0.05) is 6.42 Å². The molecule has 1 rings (SSSR count).